The van der Waals surface area contributed by atoms with Gasteiger partial charge in [-0.05, 0) is 74.7 Å². The van der Waals surface area contributed by atoms with E-state index < -0.39 is 0 Å². The van der Waals surface area contributed by atoms with Crippen LogP contribution in [0.15, 0.2) is 241 Å². The summed E-state index contributed by atoms with van der Waals surface area (Å²) < 4.78 is 6.73. The third-order valence-electron chi connectivity index (χ3n) is 11.7. The summed E-state index contributed by atoms with van der Waals surface area (Å²) in [5, 5.41) is 4.57. The highest BCUT2D eigenvalue weighted by Crippen LogP contribution is 2.51. The van der Waals surface area contributed by atoms with Crippen molar-refractivity contribution >= 4 is 49.8 Å². The Bertz CT molecular complexity index is 3300. The molecule has 0 spiro atoms. The van der Waals surface area contributed by atoms with Crippen LogP contribution in [0.25, 0.3) is 88.3 Å². The molecule has 1 heterocycles. The maximum atomic E-state index is 6.73. The van der Waals surface area contributed by atoms with Crippen molar-refractivity contribution in [3.8, 4) is 55.6 Å². The zero-order valence-corrected chi connectivity index (χ0v) is 32.9. The molecular formula is C58H39NO. The molecule has 2 heteroatoms. The first-order chi connectivity index (χ1) is 29.8. The van der Waals surface area contributed by atoms with Gasteiger partial charge >= 0.3 is 0 Å². The molecular weight excluding hydrogens is 727 g/mol. The molecule has 0 radical (unpaired) electrons. The predicted molar refractivity (Wildman–Crippen MR) is 253 cm³/mol. The lowest BCUT2D eigenvalue weighted by atomic mass is 9.90. The van der Waals surface area contributed by atoms with Gasteiger partial charge in [0.2, 0.25) is 0 Å². The molecule has 10 aromatic carbocycles. The highest BCUT2D eigenvalue weighted by Gasteiger charge is 2.26. The highest BCUT2D eigenvalue weighted by molar-refractivity contribution is 6.13. The first-order valence-corrected chi connectivity index (χ1v) is 20.5. The minimum Gasteiger partial charge on any atom is -0.455 e. The number of nitrogens with zero attached hydrogens (tertiary/aromatic N) is 1. The smallest absolute Gasteiger partial charge is 0.143 e. The molecule has 0 bridgehead atoms. The van der Waals surface area contributed by atoms with Crippen LogP contribution in [-0.2, 0) is 0 Å². The molecule has 60 heavy (non-hydrogen) atoms. The number of furan rings is 1. The monoisotopic (exact) mass is 765 g/mol. The number of fused-ring (bicyclic) bond motifs is 4. The van der Waals surface area contributed by atoms with Gasteiger partial charge in [-0.3, -0.25) is 0 Å². The molecule has 0 aliphatic rings. The molecule has 11 aromatic rings. The quantitative estimate of drug-likeness (QED) is 0.153. The minimum absolute atomic E-state index is 0.884. The fourth-order valence-corrected chi connectivity index (χ4v) is 8.95. The van der Waals surface area contributed by atoms with Crippen LogP contribution in [0.3, 0.4) is 0 Å². The third kappa shape index (κ3) is 6.14. The number of para-hydroxylation sites is 2. The van der Waals surface area contributed by atoms with Gasteiger partial charge in [0.25, 0.3) is 0 Å². The Labute approximate surface area is 349 Å². The van der Waals surface area contributed by atoms with Crippen LogP contribution < -0.4 is 4.90 Å². The maximum Gasteiger partial charge on any atom is 0.143 e. The van der Waals surface area contributed by atoms with Crippen LogP contribution in [0, 0.1) is 0 Å². The van der Waals surface area contributed by atoms with Gasteiger partial charge in [0.15, 0.2) is 0 Å². The molecule has 0 fully saturated rings. The van der Waals surface area contributed by atoms with Crippen LogP contribution in [0.5, 0.6) is 0 Å². The van der Waals surface area contributed by atoms with Gasteiger partial charge in [0, 0.05) is 32.8 Å². The van der Waals surface area contributed by atoms with E-state index in [2.05, 4.69) is 235 Å². The summed E-state index contributed by atoms with van der Waals surface area (Å²) in [4.78, 5) is 2.50. The Kier molecular flexibility index (Phi) is 8.87. The van der Waals surface area contributed by atoms with Crippen molar-refractivity contribution < 1.29 is 4.42 Å². The Morgan fingerprint density at radius 2 is 0.800 bits per heavy atom. The zero-order chi connectivity index (χ0) is 39.8. The van der Waals surface area contributed by atoms with Crippen molar-refractivity contribution in [3.05, 3.63) is 237 Å². The van der Waals surface area contributed by atoms with Crippen molar-refractivity contribution in [2.45, 2.75) is 0 Å². The molecule has 0 amide bonds. The fraction of sp³-hybridized carbons (Fsp3) is 0. The lowest BCUT2D eigenvalue weighted by Gasteiger charge is -2.32. The lowest BCUT2D eigenvalue weighted by molar-refractivity contribution is 0.670. The highest BCUT2D eigenvalue weighted by atomic mass is 16.3. The molecule has 1 aromatic heterocycles. The topological polar surface area (TPSA) is 16.4 Å². The number of hydrogen-bond donors (Lipinski definition) is 0. The van der Waals surface area contributed by atoms with E-state index in [1.165, 1.54) is 22.1 Å². The second-order valence-electron chi connectivity index (χ2n) is 15.2. The van der Waals surface area contributed by atoms with Gasteiger partial charge in [-0.25, -0.2) is 0 Å². The summed E-state index contributed by atoms with van der Waals surface area (Å²) in [5.41, 5.74) is 16.4. The van der Waals surface area contributed by atoms with Gasteiger partial charge in [-0.2, -0.15) is 0 Å². The minimum atomic E-state index is 0.884. The maximum absolute atomic E-state index is 6.73. The lowest BCUT2D eigenvalue weighted by Crippen LogP contribution is -2.14. The van der Waals surface area contributed by atoms with Crippen LogP contribution in [-0.4, -0.2) is 0 Å². The van der Waals surface area contributed by atoms with Gasteiger partial charge in [-0.15, -0.1) is 0 Å². The third-order valence-corrected chi connectivity index (χ3v) is 11.7. The van der Waals surface area contributed by atoms with Crippen LogP contribution >= 0.6 is 0 Å². The number of anilines is 3. The normalized spacial score (nSPS) is 11.3. The van der Waals surface area contributed by atoms with Gasteiger partial charge < -0.3 is 9.32 Å². The second-order valence-corrected chi connectivity index (χ2v) is 15.2. The number of hydrogen-bond acceptors (Lipinski definition) is 2. The van der Waals surface area contributed by atoms with Gasteiger partial charge in [-0.1, -0.05) is 206 Å². The summed E-state index contributed by atoms with van der Waals surface area (Å²) in [7, 11) is 0. The zero-order valence-electron chi connectivity index (χ0n) is 32.9. The Morgan fingerprint density at radius 1 is 0.267 bits per heavy atom. The molecule has 0 atom stereocenters. The van der Waals surface area contributed by atoms with Crippen molar-refractivity contribution in [1.82, 2.24) is 0 Å². The standard InChI is InChI=1S/C58H39NO/c1-5-19-40(20-6-1)44-35-37-54(52(39-44)42-23-9-3-10-24-42)59(53-38-36-45(41-21-7-2-8-22-41)46-27-13-14-28-47(46)53)55-33-18-30-49(57(55)43-25-11-4-12-26-43)51-32-17-31-50-48-29-15-16-34-56(48)60-58(50)51/h1-39H. The molecule has 0 saturated heterocycles. The fourth-order valence-electron chi connectivity index (χ4n) is 8.95. The van der Waals surface area contributed by atoms with Crippen molar-refractivity contribution in [2.24, 2.45) is 0 Å². The van der Waals surface area contributed by atoms with Gasteiger partial charge in [0.1, 0.15) is 11.2 Å². The average molecular weight is 766 g/mol. The van der Waals surface area contributed by atoms with E-state index in [1.54, 1.807) is 0 Å². The van der Waals surface area contributed by atoms with Crippen LogP contribution in [0.1, 0.15) is 0 Å². The molecule has 11 rings (SSSR count). The van der Waals surface area contributed by atoms with Gasteiger partial charge in [0.05, 0.1) is 17.1 Å². The first kappa shape index (κ1) is 35.2. The predicted octanol–water partition coefficient (Wildman–Crippen LogP) is 16.5. The molecule has 0 aliphatic carbocycles. The Hall–Kier alpha value is -7.94. The molecule has 0 unspecified atom stereocenters. The first-order valence-electron chi connectivity index (χ1n) is 20.5. The molecule has 282 valence electrons. The van der Waals surface area contributed by atoms with E-state index in [1.807, 2.05) is 6.07 Å². The molecule has 2 nitrogen and oxygen atoms in total. The largest absolute Gasteiger partial charge is 0.455 e. The van der Waals surface area contributed by atoms with E-state index in [-0.39, 0.29) is 0 Å². The van der Waals surface area contributed by atoms with Crippen LogP contribution in [0.2, 0.25) is 0 Å². The molecule has 0 N–H and O–H groups in total. The van der Waals surface area contributed by atoms with Crippen molar-refractivity contribution in [2.75, 3.05) is 4.90 Å². The SMILES string of the molecule is c1ccc(-c2ccc(N(c3cccc(-c4cccc5c4oc4ccccc45)c3-c3ccccc3)c3ccc(-c4ccccc4)c4ccccc34)c(-c3ccccc3)c2)cc1. The number of benzene rings is 10. The summed E-state index contributed by atoms with van der Waals surface area (Å²) in [6.07, 6.45) is 0. The summed E-state index contributed by atoms with van der Waals surface area (Å²) in [6, 6.07) is 85.0. The summed E-state index contributed by atoms with van der Waals surface area (Å²) in [5.74, 6) is 0. The summed E-state index contributed by atoms with van der Waals surface area (Å²) in [6.45, 7) is 0. The Balaban J connectivity index is 1.25. The molecule has 0 saturated carbocycles. The van der Waals surface area contributed by atoms with E-state index in [9.17, 15) is 0 Å². The van der Waals surface area contributed by atoms with E-state index in [0.29, 0.717) is 0 Å². The average Bonchev–Trinajstić information content (AvgIpc) is 3.72. The molecule has 0 aliphatic heterocycles. The van der Waals surface area contributed by atoms with E-state index >= 15 is 0 Å². The number of rotatable bonds is 8. The van der Waals surface area contributed by atoms with Crippen molar-refractivity contribution in [1.29, 1.82) is 0 Å². The van der Waals surface area contributed by atoms with E-state index in [4.69, 9.17) is 4.42 Å². The second kappa shape index (κ2) is 15.1. The van der Waals surface area contributed by atoms with Crippen LogP contribution in [0.4, 0.5) is 17.1 Å². The van der Waals surface area contributed by atoms with E-state index in [0.717, 1.165) is 83.3 Å². The van der Waals surface area contributed by atoms with Crippen molar-refractivity contribution in [3.63, 3.8) is 0 Å². The summed E-state index contributed by atoms with van der Waals surface area (Å²) >= 11 is 0. The Morgan fingerprint density at radius 3 is 1.52 bits per heavy atom.